The van der Waals surface area contributed by atoms with Crippen LogP contribution in [-0.2, 0) is 0 Å². The summed E-state index contributed by atoms with van der Waals surface area (Å²) in [6.45, 7) is 2.62. The first-order chi connectivity index (χ1) is 8.40. The average molecular weight is 231 g/mol. The van der Waals surface area contributed by atoms with Gasteiger partial charge in [0, 0.05) is 0 Å². The van der Waals surface area contributed by atoms with Crippen molar-refractivity contribution in [2.24, 2.45) is 35.5 Å². The summed E-state index contributed by atoms with van der Waals surface area (Å²) in [4.78, 5) is 0. The Bertz CT molecular complexity index is 301. The Kier molecular flexibility index (Phi) is 2.57. The summed E-state index contributed by atoms with van der Waals surface area (Å²) in [5.74, 6) is 6.08. The molecule has 0 aromatic rings. The highest BCUT2D eigenvalue weighted by Gasteiger charge is 2.41. The molecule has 4 rings (SSSR count). The van der Waals surface area contributed by atoms with E-state index in [9.17, 15) is 0 Å². The van der Waals surface area contributed by atoms with E-state index < -0.39 is 0 Å². The quantitative estimate of drug-likeness (QED) is 0.692. The zero-order chi connectivity index (χ0) is 11.2. The Morgan fingerprint density at radius 3 is 2.29 bits per heavy atom. The molecule has 3 fully saturated rings. The SMILES string of the molecule is C1=CC2CC1CC2CNCC(C1CC1)C1CC1. The molecule has 0 aromatic carbocycles. The minimum Gasteiger partial charge on any atom is -0.316 e. The summed E-state index contributed by atoms with van der Waals surface area (Å²) in [7, 11) is 0. The van der Waals surface area contributed by atoms with Gasteiger partial charge in [0.2, 0.25) is 0 Å². The van der Waals surface area contributed by atoms with Crippen LogP contribution in [0.4, 0.5) is 0 Å². The maximum atomic E-state index is 3.82. The van der Waals surface area contributed by atoms with Crippen molar-refractivity contribution in [2.75, 3.05) is 13.1 Å². The lowest BCUT2D eigenvalue weighted by molar-refractivity contribution is 0.345. The first-order valence-electron chi connectivity index (χ1n) is 7.79. The van der Waals surface area contributed by atoms with Crippen molar-refractivity contribution >= 4 is 0 Å². The number of hydrogen-bond donors (Lipinski definition) is 1. The van der Waals surface area contributed by atoms with E-state index in [4.69, 9.17) is 0 Å². The fourth-order valence-corrected chi connectivity index (χ4v) is 4.33. The second-order valence-electron chi connectivity index (χ2n) is 7.04. The van der Waals surface area contributed by atoms with Crippen molar-refractivity contribution in [1.29, 1.82) is 0 Å². The second kappa shape index (κ2) is 4.12. The third kappa shape index (κ3) is 2.19. The lowest BCUT2D eigenvalue weighted by atomic mass is 9.93. The molecule has 0 heterocycles. The number of hydrogen-bond acceptors (Lipinski definition) is 1. The Morgan fingerprint density at radius 2 is 1.76 bits per heavy atom. The second-order valence-corrected chi connectivity index (χ2v) is 7.04. The molecule has 1 nitrogen and oxygen atoms in total. The summed E-state index contributed by atoms with van der Waals surface area (Å²) in [6, 6.07) is 0. The standard InChI is InChI=1S/C16H25N/c1-2-14-7-11(1)8-15(14)9-17-10-16(12-3-4-12)13-5-6-13/h1-2,11-17H,3-10H2. The predicted molar refractivity (Wildman–Crippen MR) is 70.7 cm³/mol. The normalized spacial score (nSPS) is 39.5. The van der Waals surface area contributed by atoms with E-state index in [0.717, 1.165) is 35.5 Å². The molecule has 0 aromatic heterocycles. The van der Waals surface area contributed by atoms with E-state index in [1.165, 1.54) is 51.6 Å². The van der Waals surface area contributed by atoms with Crippen LogP contribution < -0.4 is 5.32 Å². The number of fused-ring (bicyclic) bond motifs is 2. The van der Waals surface area contributed by atoms with Crippen LogP contribution in [0.1, 0.15) is 38.5 Å². The molecule has 17 heavy (non-hydrogen) atoms. The molecule has 3 saturated carbocycles. The summed E-state index contributed by atoms with van der Waals surface area (Å²) < 4.78 is 0. The summed E-state index contributed by atoms with van der Waals surface area (Å²) in [5.41, 5.74) is 0. The van der Waals surface area contributed by atoms with Gasteiger partial charge in [-0.05, 0) is 87.1 Å². The molecule has 3 unspecified atom stereocenters. The fraction of sp³-hybridized carbons (Fsp3) is 0.875. The van der Waals surface area contributed by atoms with Crippen molar-refractivity contribution in [3.63, 3.8) is 0 Å². The molecule has 1 heteroatoms. The van der Waals surface area contributed by atoms with Crippen molar-refractivity contribution in [3.8, 4) is 0 Å². The van der Waals surface area contributed by atoms with Crippen LogP contribution in [0.2, 0.25) is 0 Å². The van der Waals surface area contributed by atoms with Gasteiger partial charge in [0.1, 0.15) is 0 Å². The zero-order valence-corrected chi connectivity index (χ0v) is 10.8. The number of nitrogens with one attached hydrogen (secondary N) is 1. The van der Waals surface area contributed by atoms with Gasteiger partial charge in [0.05, 0.1) is 0 Å². The molecule has 3 atom stereocenters. The van der Waals surface area contributed by atoms with Gasteiger partial charge in [0.25, 0.3) is 0 Å². The van der Waals surface area contributed by atoms with Crippen LogP contribution >= 0.6 is 0 Å². The molecule has 2 bridgehead atoms. The van der Waals surface area contributed by atoms with Gasteiger partial charge in [-0.2, -0.15) is 0 Å². The van der Waals surface area contributed by atoms with Crippen molar-refractivity contribution in [2.45, 2.75) is 38.5 Å². The van der Waals surface area contributed by atoms with Crippen molar-refractivity contribution in [3.05, 3.63) is 12.2 Å². The predicted octanol–water partition coefficient (Wildman–Crippen LogP) is 3.22. The lowest BCUT2D eigenvalue weighted by Gasteiger charge is -2.21. The average Bonchev–Trinajstić information content (AvgIpc) is 3.26. The fourth-order valence-electron chi connectivity index (χ4n) is 4.33. The third-order valence-electron chi connectivity index (χ3n) is 5.66. The van der Waals surface area contributed by atoms with Crippen LogP contribution in [0, 0.1) is 35.5 Å². The molecule has 0 aliphatic heterocycles. The van der Waals surface area contributed by atoms with Gasteiger partial charge in [0.15, 0.2) is 0 Å². The van der Waals surface area contributed by atoms with Crippen LogP contribution in [0.3, 0.4) is 0 Å². The van der Waals surface area contributed by atoms with Crippen molar-refractivity contribution in [1.82, 2.24) is 5.32 Å². The number of rotatable bonds is 6. The highest BCUT2D eigenvalue weighted by molar-refractivity contribution is 5.10. The first kappa shape index (κ1) is 10.6. The number of allylic oxidation sites excluding steroid dienone is 2. The topological polar surface area (TPSA) is 12.0 Å². The molecular weight excluding hydrogens is 206 g/mol. The van der Waals surface area contributed by atoms with E-state index in [-0.39, 0.29) is 0 Å². The van der Waals surface area contributed by atoms with Crippen LogP contribution in [0.25, 0.3) is 0 Å². The zero-order valence-electron chi connectivity index (χ0n) is 10.8. The molecule has 0 radical (unpaired) electrons. The van der Waals surface area contributed by atoms with Gasteiger partial charge in [-0.1, -0.05) is 12.2 Å². The van der Waals surface area contributed by atoms with E-state index in [2.05, 4.69) is 17.5 Å². The van der Waals surface area contributed by atoms with E-state index >= 15 is 0 Å². The largest absolute Gasteiger partial charge is 0.316 e. The molecule has 4 aliphatic carbocycles. The maximum absolute atomic E-state index is 3.82. The Balaban J connectivity index is 1.24. The Hall–Kier alpha value is -0.300. The van der Waals surface area contributed by atoms with E-state index in [1.54, 1.807) is 0 Å². The van der Waals surface area contributed by atoms with Crippen molar-refractivity contribution < 1.29 is 0 Å². The van der Waals surface area contributed by atoms with Crippen LogP contribution in [0.15, 0.2) is 12.2 Å². The molecular formula is C16H25N. The monoisotopic (exact) mass is 231 g/mol. The molecule has 94 valence electrons. The molecule has 0 saturated heterocycles. The van der Waals surface area contributed by atoms with Crippen LogP contribution in [0.5, 0.6) is 0 Å². The molecule has 0 amide bonds. The Morgan fingerprint density at radius 1 is 1.00 bits per heavy atom. The minimum atomic E-state index is 0.924. The lowest BCUT2D eigenvalue weighted by Crippen LogP contribution is -2.31. The van der Waals surface area contributed by atoms with Gasteiger partial charge in [-0.3, -0.25) is 0 Å². The van der Waals surface area contributed by atoms with Gasteiger partial charge in [-0.25, -0.2) is 0 Å². The summed E-state index contributed by atoms with van der Waals surface area (Å²) in [5, 5.41) is 3.82. The van der Waals surface area contributed by atoms with E-state index in [0.29, 0.717) is 0 Å². The third-order valence-corrected chi connectivity index (χ3v) is 5.66. The molecule has 0 spiro atoms. The highest BCUT2D eigenvalue weighted by Crippen LogP contribution is 2.49. The van der Waals surface area contributed by atoms with E-state index in [1.807, 2.05) is 0 Å². The van der Waals surface area contributed by atoms with Gasteiger partial charge >= 0.3 is 0 Å². The first-order valence-corrected chi connectivity index (χ1v) is 7.79. The molecule has 4 aliphatic rings. The Labute approximate surface area is 105 Å². The summed E-state index contributed by atoms with van der Waals surface area (Å²) >= 11 is 0. The van der Waals surface area contributed by atoms with Gasteiger partial charge in [-0.15, -0.1) is 0 Å². The highest BCUT2D eigenvalue weighted by atomic mass is 14.9. The molecule has 1 N–H and O–H groups in total. The smallest absolute Gasteiger partial charge is 0.00146 e. The maximum Gasteiger partial charge on any atom is -0.00146 e. The van der Waals surface area contributed by atoms with Crippen LogP contribution in [-0.4, -0.2) is 13.1 Å². The summed E-state index contributed by atoms with van der Waals surface area (Å²) in [6.07, 6.45) is 14.0. The van der Waals surface area contributed by atoms with Gasteiger partial charge < -0.3 is 5.32 Å². The minimum absolute atomic E-state index is 0.924.